The van der Waals surface area contributed by atoms with Crippen LogP contribution < -0.4 is 0 Å². The summed E-state index contributed by atoms with van der Waals surface area (Å²) < 4.78 is 1.59. The van der Waals surface area contributed by atoms with E-state index < -0.39 is 0 Å². The zero-order valence-electron chi connectivity index (χ0n) is 11.4. The average Bonchev–Trinajstić information content (AvgIpc) is 2.84. The zero-order valence-corrected chi connectivity index (χ0v) is 11.4. The smallest absolute Gasteiger partial charge is 0.187 e. The molecule has 0 bridgehead atoms. The van der Waals surface area contributed by atoms with Gasteiger partial charge in [-0.05, 0) is 24.6 Å². The Kier molecular flexibility index (Phi) is 3.02. The van der Waals surface area contributed by atoms with Crippen LogP contribution in [0, 0.1) is 6.92 Å². The maximum absolute atomic E-state index is 12.3. The fourth-order valence-corrected chi connectivity index (χ4v) is 2.22. The zero-order chi connectivity index (χ0) is 14.1. The number of aryl methyl sites for hydroxylation is 2. The third-order valence-electron chi connectivity index (χ3n) is 3.20. The summed E-state index contributed by atoms with van der Waals surface area (Å²) in [5.41, 5.74) is 3.03. The fourth-order valence-electron chi connectivity index (χ4n) is 2.22. The molecule has 0 spiro atoms. The molecule has 0 aliphatic heterocycles. The molecule has 2 aromatic heterocycles. The molecule has 3 aromatic rings. The second-order valence-electron chi connectivity index (χ2n) is 4.83. The molecule has 0 aliphatic rings. The number of carbonyl (C=O) groups is 1. The largest absolute Gasteiger partial charge is 0.292 e. The van der Waals surface area contributed by atoms with Crippen molar-refractivity contribution in [3.63, 3.8) is 0 Å². The first-order valence-corrected chi connectivity index (χ1v) is 6.38. The van der Waals surface area contributed by atoms with E-state index in [0.29, 0.717) is 11.4 Å². The summed E-state index contributed by atoms with van der Waals surface area (Å²) >= 11 is 0. The van der Waals surface area contributed by atoms with E-state index in [1.54, 1.807) is 17.9 Å². The van der Waals surface area contributed by atoms with Gasteiger partial charge in [-0.2, -0.15) is 0 Å². The third kappa shape index (κ3) is 2.30. The first kappa shape index (κ1) is 12.5. The first-order valence-electron chi connectivity index (χ1n) is 6.38. The van der Waals surface area contributed by atoms with Crippen LogP contribution in [0.3, 0.4) is 0 Å². The molecule has 0 radical (unpaired) electrons. The highest BCUT2D eigenvalue weighted by atomic mass is 16.1. The number of rotatable bonds is 3. The van der Waals surface area contributed by atoms with Gasteiger partial charge in [0.2, 0.25) is 0 Å². The Morgan fingerprint density at radius 1 is 1.30 bits per heavy atom. The highest BCUT2D eigenvalue weighted by molar-refractivity contribution is 5.98. The molecule has 5 nitrogen and oxygen atoms in total. The number of pyridine rings is 1. The molecule has 0 atom stereocenters. The lowest BCUT2D eigenvalue weighted by Gasteiger charge is -2.05. The second-order valence-corrected chi connectivity index (χ2v) is 4.83. The first-order chi connectivity index (χ1) is 9.63. The van der Waals surface area contributed by atoms with Gasteiger partial charge in [-0.1, -0.05) is 23.4 Å². The van der Waals surface area contributed by atoms with Crippen LogP contribution in [-0.4, -0.2) is 25.8 Å². The van der Waals surface area contributed by atoms with Crippen LogP contribution in [0.1, 0.15) is 21.7 Å². The lowest BCUT2D eigenvalue weighted by Crippen LogP contribution is -2.07. The van der Waals surface area contributed by atoms with Gasteiger partial charge in [-0.25, -0.2) is 4.98 Å². The molecule has 1 aromatic carbocycles. The lowest BCUT2D eigenvalue weighted by molar-refractivity contribution is 0.0987. The Morgan fingerprint density at radius 3 is 2.85 bits per heavy atom. The number of Topliss-reactive ketones (excluding diaryl/α,β-unsaturated/α-hetero) is 1. The number of benzene rings is 1. The summed E-state index contributed by atoms with van der Waals surface area (Å²) in [6, 6.07) is 9.65. The van der Waals surface area contributed by atoms with Crippen LogP contribution in [0.2, 0.25) is 0 Å². The van der Waals surface area contributed by atoms with E-state index in [0.717, 1.165) is 16.5 Å². The molecule has 0 N–H and O–H groups in total. The molecular weight excluding hydrogens is 252 g/mol. The number of nitrogens with zero attached hydrogens (tertiary/aromatic N) is 4. The summed E-state index contributed by atoms with van der Waals surface area (Å²) in [6.07, 6.45) is 1.96. The summed E-state index contributed by atoms with van der Waals surface area (Å²) in [4.78, 5) is 16.7. The minimum Gasteiger partial charge on any atom is -0.292 e. The Labute approximate surface area is 116 Å². The van der Waals surface area contributed by atoms with E-state index in [9.17, 15) is 4.79 Å². The lowest BCUT2D eigenvalue weighted by atomic mass is 10.1. The summed E-state index contributed by atoms with van der Waals surface area (Å²) in [5, 5.41) is 8.83. The SMILES string of the molecule is Cc1cc(C(=O)Cc2cn(C)nn2)nc2ccccc12. The van der Waals surface area contributed by atoms with Crippen molar-refractivity contribution in [3.8, 4) is 0 Å². The maximum atomic E-state index is 12.3. The highest BCUT2D eigenvalue weighted by Crippen LogP contribution is 2.18. The molecule has 0 fully saturated rings. The molecule has 0 saturated heterocycles. The molecule has 0 unspecified atom stereocenters. The number of fused-ring (bicyclic) bond motifs is 1. The topological polar surface area (TPSA) is 60.7 Å². The third-order valence-corrected chi connectivity index (χ3v) is 3.20. The fraction of sp³-hybridized carbons (Fsp3) is 0.200. The molecular formula is C15H14N4O. The number of para-hydroxylation sites is 1. The minimum absolute atomic E-state index is 0.0423. The summed E-state index contributed by atoms with van der Waals surface area (Å²) in [5.74, 6) is -0.0423. The molecule has 0 saturated carbocycles. The molecule has 0 amide bonds. The monoisotopic (exact) mass is 266 g/mol. The number of ketones is 1. The Morgan fingerprint density at radius 2 is 2.10 bits per heavy atom. The number of aromatic nitrogens is 4. The minimum atomic E-state index is -0.0423. The number of hydrogen-bond acceptors (Lipinski definition) is 4. The van der Waals surface area contributed by atoms with Crippen molar-refractivity contribution in [2.75, 3.05) is 0 Å². The molecule has 0 aliphatic carbocycles. The van der Waals surface area contributed by atoms with Crippen LogP contribution in [-0.2, 0) is 13.5 Å². The van der Waals surface area contributed by atoms with Gasteiger partial charge in [0.25, 0.3) is 0 Å². The van der Waals surface area contributed by atoms with Crippen molar-refractivity contribution in [2.45, 2.75) is 13.3 Å². The van der Waals surface area contributed by atoms with E-state index in [2.05, 4.69) is 15.3 Å². The van der Waals surface area contributed by atoms with Crippen molar-refractivity contribution < 1.29 is 4.79 Å². The standard InChI is InChI=1S/C15H14N4O/c1-10-7-14(16-13-6-4-3-5-12(10)13)15(20)8-11-9-19(2)18-17-11/h3-7,9H,8H2,1-2H3. The molecule has 100 valence electrons. The summed E-state index contributed by atoms with van der Waals surface area (Å²) in [7, 11) is 1.78. The van der Waals surface area contributed by atoms with E-state index >= 15 is 0 Å². The van der Waals surface area contributed by atoms with Crippen molar-refractivity contribution in [1.29, 1.82) is 0 Å². The van der Waals surface area contributed by atoms with Crippen LogP contribution >= 0.6 is 0 Å². The van der Waals surface area contributed by atoms with E-state index in [1.807, 2.05) is 37.3 Å². The van der Waals surface area contributed by atoms with Crippen molar-refractivity contribution in [3.05, 3.63) is 53.5 Å². The van der Waals surface area contributed by atoms with Gasteiger partial charge in [-0.15, -0.1) is 5.10 Å². The van der Waals surface area contributed by atoms with Gasteiger partial charge < -0.3 is 0 Å². The Balaban J connectivity index is 1.95. The second kappa shape index (κ2) is 4.85. The Hall–Kier alpha value is -2.56. The quantitative estimate of drug-likeness (QED) is 0.681. The molecule has 20 heavy (non-hydrogen) atoms. The number of carbonyl (C=O) groups excluding carboxylic acids is 1. The van der Waals surface area contributed by atoms with Gasteiger partial charge in [0, 0.05) is 18.6 Å². The van der Waals surface area contributed by atoms with Crippen molar-refractivity contribution in [2.24, 2.45) is 7.05 Å². The van der Waals surface area contributed by atoms with Crippen LogP contribution in [0.5, 0.6) is 0 Å². The maximum Gasteiger partial charge on any atom is 0.187 e. The predicted octanol–water partition coefficient (Wildman–Crippen LogP) is 2.10. The highest BCUT2D eigenvalue weighted by Gasteiger charge is 2.13. The predicted molar refractivity (Wildman–Crippen MR) is 75.5 cm³/mol. The van der Waals surface area contributed by atoms with Crippen LogP contribution in [0.15, 0.2) is 36.5 Å². The van der Waals surface area contributed by atoms with Crippen LogP contribution in [0.25, 0.3) is 10.9 Å². The molecule has 3 rings (SSSR count). The Bertz CT molecular complexity index is 791. The van der Waals surface area contributed by atoms with Gasteiger partial charge in [-0.3, -0.25) is 9.48 Å². The van der Waals surface area contributed by atoms with Gasteiger partial charge >= 0.3 is 0 Å². The van der Waals surface area contributed by atoms with Crippen LogP contribution in [0.4, 0.5) is 0 Å². The van der Waals surface area contributed by atoms with E-state index in [1.165, 1.54) is 0 Å². The van der Waals surface area contributed by atoms with Gasteiger partial charge in [0.15, 0.2) is 5.78 Å². The van der Waals surface area contributed by atoms with E-state index in [-0.39, 0.29) is 12.2 Å². The average molecular weight is 266 g/mol. The van der Waals surface area contributed by atoms with Gasteiger partial charge in [0.1, 0.15) is 5.69 Å². The van der Waals surface area contributed by atoms with E-state index in [4.69, 9.17) is 0 Å². The van der Waals surface area contributed by atoms with Crippen molar-refractivity contribution >= 4 is 16.7 Å². The normalized spacial score (nSPS) is 10.9. The van der Waals surface area contributed by atoms with Gasteiger partial charge in [0.05, 0.1) is 17.6 Å². The van der Waals surface area contributed by atoms with Crippen molar-refractivity contribution in [1.82, 2.24) is 20.0 Å². The number of hydrogen-bond donors (Lipinski definition) is 0. The summed E-state index contributed by atoms with van der Waals surface area (Å²) in [6.45, 7) is 1.99. The molecule has 2 heterocycles. The molecule has 5 heteroatoms.